The lowest BCUT2D eigenvalue weighted by Gasteiger charge is -2.35. The van der Waals surface area contributed by atoms with Crippen LogP contribution in [0.5, 0.6) is 0 Å². The van der Waals surface area contributed by atoms with Crippen molar-refractivity contribution in [1.29, 1.82) is 0 Å². The largest absolute Gasteiger partial charge is 0.534 e. The van der Waals surface area contributed by atoms with E-state index in [-0.39, 0.29) is 0 Å². The maximum Gasteiger partial charge on any atom is 0.364 e. The van der Waals surface area contributed by atoms with Gasteiger partial charge < -0.3 is 4.43 Å². The summed E-state index contributed by atoms with van der Waals surface area (Å²) in [7, 11) is -7.29. The van der Waals surface area contributed by atoms with Gasteiger partial charge >= 0.3 is 8.32 Å². The van der Waals surface area contributed by atoms with E-state index in [1.54, 1.807) is 0 Å². The molecule has 17 heteroatoms. The van der Waals surface area contributed by atoms with Crippen LogP contribution in [0, 0.1) is 87.3 Å². The van der Waals surface area contributed by atoms with Crippen LogP contribution in [-0.4, -0.2) is 8.32 Å². The van der Waals surface area contributed by atoms with Crippen LogP contribution >= 0.6 is 0 Å². The first-order valence-electron chi connectivity index (χ1n) is 9.86. The molecule has 3 aromatic rings. The van der Waals surface area contributed by atoms with E-state index in [0.29, 0.717) is 13.0 Å². The molecule has 0 aromatic heterocycles. The maximum absolute atomic E-state index is 15.1. The predicted octanol–water partition coefficient (Wildman–Crippen LogP) is 5.68. The molecule has 0 fully saturated rings. The highest BCUT2D eigenvalue weighted by atomic mass is 28.4. The second-order valence-corrected chi connectivity index (χ2v) is 10.6. The third-order valence-corrected chi connectivity index (χ3v) is 9.46. The van der Waals surface area contributed by atoms with Crippen molar-refractivity contribution < 1.29 is 70.3 Å². The van der Waals surface area contributed by atoms with E-state index in [2.05, 4.69) is 0 Å². The molecule has 210 valence electrons. The van der Waals surface area contributed by atoms with E-state index in [9.17, 15) is 39.5 Å². The molecule has 0 heterocycles. The SMILES string of the molecule is C/C=C(/C)O[Si](c1c(F)c(F)c(F)c(F)c1F)(c1c(F)c(F)c(F)c(F)c1F)c1c(F)c(F)c(F)c(F)c1F. The lowest BCUT2D eigenvalue weighted by Crippen LogP contribution is -2.75. The van der Waals surface area contributed by atoms with Gasteiger partial charge in [-0.3, -0.25) is 0 Å². The highest BCUT2D eigenvalue weighted by Gasteiger charge is 2.59. The Labute approximate surface area is 207 Å². The molecule has 39 heavy (non-hydrogen) atoms. The molecule has 0 N–H and O–H groups in total. The van der Waals surface area contributed by atoms with Gasteiger partial charge in [-0.1, -0.05) is 6.08 Å². The zero-order valence-electron chi connectivity index (χ0n) is 18.7. The van der Waals surface area contributed by atoms with Gasteiger partial charge in [0.2, 0.25) is 17.5 Å². The predicted molar refractivity (Wildman–Crippen MR) is 104 cm³/mol. The Balaban J connectivity index is 2.92. The Morgan fingerprint density at radius 1 is 0.410 bits per heavy atom. The molecule has 0 unspecified atom stereocenters. The average Bonchev–Trinajstić information content (AvgIpc) is 2.90. The number of rotatable bonds is 5. The van der Waals surface area contributed by atoms with Crippen molar-refractivity contribution in [1.82, 2.24) is 0 Å². The summed E-state index contributed by atoms with van der Waals surface area (Å²) in [6, 6.07) is 0. The fourth-order valence-electron chi connectivity index (χ4n) is 3.57. The summed E-state index contributed by atoms with van der Waals surface area (Å²) >= 11 is 0. The Kier molecular flexibility index (Phi) is 7.79. The number of hydrogen-bond donors (Lipinski definition) is 0. The lowest BCUT2D eigenvalue weighted by atomic mass is 10.3. The van der Waals surface area contributed by atoms with Gasteiger partial charge in [0.1, 0.15) is 0 Å². The van der Waals surface area contributed by atoms with Gasteiger partial charge in [0.25, 0.3) is 0 Å². The second-order valence-electron chi connectivity index (χ2n) is 7.52. The van der Waals surface area contributed by atoms with Crippen LogP contribution in [0.1, 0.15) is 13.8 Å². The van der Waals surface area contributed by atoms with Gasteiger partial charge in [0, 0.05) is 0 Å². The van der Waals surface area contributed by atoms with Crippen molar-refractivity contribution in [3.8, 4) is 0 Å². The number of allylic oxidation sites excluding steroid dienone is 2. The van der Waals surface area contributed by atoms with Crippen molar-refractivity contribution in [3.05, 3.63) is 99.1 Å². The zero-order chi connectivity index (χ0) is 29.9. The third-order valence-electron chi connectivity index (χ3n) is 5.41. The van der Waals surface area contributed by atoms with Crippen LogP contribution in [0.15, 0.2) is 11.8 Å². The minimum atomic E-state index is -7.29. The van der Waals surface area contributed by atoms with E-state index in [4.69, 9.17) is 4.43 Å². The monoisotopic (exact) mass is 600 g/mol. The summed E-state index contributed by atoms with van der Waals surface area (Å²) in [4.78, 5) is 0. The molecule has 0 bridgehead atoms. The third kappa shape index (κ3) is 4.13. The lowest BCUT2D eigenvalue weighted by molar-refractivity contribution is 0.366. The minimum Gasteiger partial charge on any atom is -0.534 e. The molecule has 0 aliphatic heterocycles. The average molecular weight is 600 g/mol. The molecule has 0 aliphatic rings. The fourth-order valence-corrected chi connectivity index (χ4v) is 7.74. The van der Waals surface area contributed by atoms with Crippen LogP contribution in [0.4, 0.5) is 65.9 Å². The molecule has 0 saturated heterocycles. The number of halogens is 15. The quantitative estimate of drug-likeness (QED) is 0.0916. The van der Waals surface area contributed by atoms with Crippen molar-refractivity contribution in [2.24, 2.45) is 0 Å². The van der Waals surface area contributed by atoms with Crippen molar-refractivity contribution in [2.75, 3.05) is 0 Å². The molecule has 0 atom stereocenters. The van der Waals surface area contributed by atoms with E-state index in [0.717, 1.165) is 6.92 Å². The van der Waals surface area contributed by atoms with E-state index in [1.165, 1.54) is 0 Å². The zero-order valence-corrected chi connectivity index (χ0v) is 19.7. The normalized spacial score (nSPS) is 12.4. The van der Waals surface area contributed by atoms with E-state index < -0.39 is 117 Å². The summed E-state index contributed by atoms with van der Waals surface area (Å²) in [5.74, 6) is -47.1. The molecule has 0 radical (unpaired) electrons. The first kappa shape index (κ1) is 29.9. The Morgan fingerprint density at radius 3 is 0.769 bits per heavy atom. The van der Waals surface area contributed by atoms with Gasteiger partial charge in [-0.25, -0.2) is 65.9 Å². The molecule has 0 saturated carbocycles. The van der Waals surface area contributed by atoms with Crippen LogP contribution in [0.25, 0.3) is 0 Å². The standard InChI is InChI=1S/C22H7F15OSi/c1-3-4(2)38-39(20-14(32)8(26)5(23)9(27)15(20)33,21-16(34)10(28)6(24)11(29)17(21)35)22-18(36)12(30)7(25)13(31)19(22)37/h3H,1-2H3/b4-3-. The molecule has 0 amide bonds. The Bertz CT molecular complexity index is 1310. The second kappa shape index (κ2) is 10.2. The highest BCUT2D eigenvalue weighted by molar-refractivity contribution is 7.07. The summed E-state index contributed by atoms with van der Waals surface area (Å²) in [5, 5.41) is -8.27. The Hall–Kier alpha value is -3.63. The molecule has 0 aliphatic carbocycles. The molecular weight excluding hydrogens is 593 g/mol. The summed E-state index contributed by atoms with van der Waals surface area (Å²) in [5.41, 5.74) is 0. The molecule has 0 spiro atoms. The summed E-state index contributed by atoms with van der Waals surface area (Å²) in [6.07, 6.45) is 0.631. The van der Waals surface area contributed by atoms with E-state index >= 15 is 26.3 Å². The Morgan fingerprint density at radius 2 is 0.590 bits per heavy atom. The fraction of sp³-hybridized carbons (Fsp3) is 0.0909. The van der Waals surface area contributed by atoms with Gasteiger partial charge in [0.15, 0.2) is 69.8 Å². The van der Waals surface area contributed by atoms with Crippen LogP contribution in [0.3, 0.4) is 0 Å². The summed E-state index contributed by atoms with van der Waals surface area (Å²) < 4.78 is 222. The molecule has 1 nitrogen and oxygen atoms in total. The number of benzene rings is 3. The molecule has 3 aromatic carbocycles. The highest BCUT2D eigenvalue weighted by Crippen LogP contribution is 2.29. The minimum absolute atomic E-state index is 0.631. The van der Waals surface area contributed by atoms with Gasteiger partial charge in [-0.2, -0.15) is 0 Å². The van der Waals surface area contributed by atoms with Crippen molar-refractivity contribution >= 4 is 23.9 Å². The molecule has 3 rings (SSSR count). The van der Waals surface area contributed by atoms with Gasteiger partial charge in [0.05, 0.1) is 21.3 Å². The number of hydrogen-bond acceptors (Lipinski definition) is 1. The van der Waals surface area contributed by atoms with Crippen LogP contribution < -0.4 is 15.6 Å². The smallest absolute Gasteiger partial charge is 0.364 e. The van der Waals surface area contributed by atoms with Crippen molar-refractivity contribution in [3.63, 3.8) is 0 Å². The topological polar surface area (TPSA) is 9.23 Å². The van der Waals surface area contributed by atoms with Gasteiger partial charge in [-0.15, -0.1) is 0 Å². The van der Waals surface area contributed by atoms with Gasteiger partial charge in [-0.05, 0) is 13.8 Å². The van der Waals surface area contributed by atoms with Crippen LogP contribution in [0.2, 0.25) is 0 Å². The molecular formula is C22H7F15OSi. The van der Waals surface area contributed by atoms with Crippen LogP contribution in [-0.2, 0) is 4.43 Å². The van der Waals surface area contributed by atoms with E-state index in [1.807, 2.05) is 0 Å². The van der Waals surface area contributed by atoms with Crippen molar-refractivity contribution in [2.45, 2.75) is 13.8 Å². The first-order valence-corrected chi connectivity index (χ1v) is 11.8. The maximum atomic E-state index is 15.1. The first-order chi connectivity index (χ1) is 18.0. The summed E-state index contributed by atoms with van der Waals surface area (Å²) in [6.45, 7) is 1.55.